The Labute approximate surface area is 110 Å². The lowest BCUT2D eigenvalue weighted by atomic mass is 9.66. The minimum absolute atomic E-state index is 0.201. The van der Waals surface area contributed by atoms with E-state index in [1.807, 2.05) is 6.07 Å². The monoisotopic (exact) mass is 242 g/mol. The van der Waals surface area contributed by atoms with Crippen LogP contribution in [0.3, 0.4) is 0 Å². The predicted molar refractivity (Wildman–Crippen MR) is 74.1 cm³/mol. The minimum atomic E-state index is -0.201. The second-order valence-corrected chi connectivity index (χ2v) is 5.82. The molecular formula is C16H22N2. The topological polar surface area (TPSA) is 27.0 Å². The second kappa shape index (κ2) is 5.12. The van der Waals surface area contributed by atoms with Crippen molar-refractivity contribution in [1.82, 2.24) is 4.90 Å². The van der Waals surface area contributed by atoms with Crippen LogP contribution in [0, 0.1) is 22.7 Å². The lowest BCUT2D eigenvalue weighted by molar-refractivity contribution is 0.0594. The number of rotatable bonds is 2. The zero-order valence-electron chi connectivity index (χ0n) is 11.6. The van der Waals surface area contributed by atoms with E-state index in [1.165, 1.54) is 5.56 Å². The zero-order chi connectivity index (χ0) is 13.2. The molecule has 1 fully saturated rings. The quantitative estimate of drug-likeness (QED) is 0.797. The molecule has 0 aromatic heterocycles. The third kappa shape index (κ3) is 2.42. The molecule has 1 saturated heterocycles. The summed E-state index contributed by atoms with van der Waals surface area (Å²) in [6, 6.07) is 13.5. The molecule has 1 aromatic carbocycles. The lowest BCUT2D eigenvalue weighted by Gasteiger charge is -2.45. The van der Waals surface area contributed by atoms with E-state index < -0.39 is 0 Å². The number of likely N-dealkylation sites (tertiary alicyclic amines) is 1. The number of hydrogen-bond donors (Lipinski definition) is 0. The first-order chi connectivity index (χ1) is 8.57. The first-order valence-corrected chi connectivity index (χ1v) is 6.73. The Morgan fingerprint density at radius 2 is 2.00 bits per heavy atom. The number of piperidine rings is 1. The highest BCUT2D eigenvalue weighted by Gasteiger charge is 2.42. The van der Waals surface area contributed by atoms with Crippen molar-refractivity contribution in [2.75, 3.05) is 13.6 Å². The molecule has 0 aliphatic carbocycles. The Morgan fingerprint density at radius 3 is 2.61 bits per heavy atom. The van der Waals surface area contributed by atoms with Crippen LogP contribution in [0.5, 0.6) is 0 Å². The van der Waals surface area contributed by atoms with Crippen molar-refractivity contribution < 1.29 is 0 Å². The highest BCUT2D eigenvalue weighted by Crippen LogP contribution is 2.41. The summed E-state index contributed by atoms with van der Waals surface area (Å²) < 4.78 is 0. The fourth-order valence-corrected chi connectivity index (χ4v) is 3.07. The fourth-order valence-electron chi connectivity index (χ4n) is 3.07. The van der Waals surface area contributed by atoms with Crippen LogP contribution in [0.15, 0.2) is 30.3 Å². The summed E-state index contributed by atoms with van der Waals surface area (Å²) in [5.41, 5.74) is 1.08. The van der Waals surface area contributed by atoms with E-state index in [0.29, 0.717) is 12.0 Å². The standard InChI is InChI=1S/C16H22N2/c1-13-11-18(3)14(2)9-16(13,12-17)10-15-7-5-4-6-8-15/h4-8,13-14H,9-11H2,1-3H3/t13-,14+,16+/m0/s1. The van der Waals surface area contributed by atoms with Gasteiger partial charge in [0.15, 0.2) is 0 Å². The van der Waals surface area contributed by atoms with Gasteiger partial charge < -0.3 is 4.90 Å². The molecule has 18 heavy (non-hydrogen) atoms. The van der Waals surface area contributed by atoms with Gasteiger partial charge >= 0.3 is 0 Å². The Bertz CT molecular complexity index is 434. The SMILES string of the molecule is C[C@@H]1C[C@](C#N)(Cc2ccccc2)[C@@H](C)CN1C. The highest BCUT2D eigenvalue weighted by molar-refractivity contribution is 5.21. The van der Waals surface area contributed by atoms with Crippen LogP contribution in [-0.4, -0.2) is 24.5 Å². The van der Waals surface area contributed by atoms with E-state index in [4.69, 9.17) is 0 Å². The summed E-state index contributed by atoms with van der Waals surface area (Å²) in [7, 11) is 2.16. The van der Waals surface area contributed by atoms with Crippen molar-refractivity contribution in [2.45, 2.75) is 32.7 Å². The number of benzene rings is 1. The fraction of sp³-hybridized carbons (Fsp3) is 0.562. The maximum Gasteiger partial charge on any atom is 0.0697 e. The Hall–Kier alpha value is -1.33. The molecule has 0 bridgehead atoms. The van der Waals surface area contributed by atoms with E-state index in [9.17, 15) is 5.26 Å². The Balaban J connectivity index is 2.23. The van der Waals surface area contributed by atoms with Gasteiger partial charge in [-0.2, -0.15) is 5.26 Å². The second-order valence-electron chi connectivity index (χ2n) is 5.82. The number of nitriles is 1. The van der Waals surface area contributed by atoms with Gasteiger partial charge in [0, 0.05) is 12.6 Å². The summed E-state index contributed by atoms with van der Waals surface area (Å²) in [6.45, 7) is 5.46. The lowest BCUT2D eigenvalue weighted by Crippen LogP contribution is -2.49. The molecule has 0 radical (unpaired) electrons. The Kier molecular flexibility index (Phi) is 3.73. The van der Waals surface area contributed by atoms with Crippen molar-refractivity contribution in [3.8, 4) is 6.07 Å². The maximum atomic E-state index is 9.71. The third-order valence-electron chi connectivity index (χ3n) is 4.50. The Morgan fingerprint density at radius 1 is 1.33 bits per heavy atom. The molecular weight excluding hydrogens is 220 g/mol. The van der Waals surface area contributed by atoms with Gasteiger partial charge in [0.2, 0.25) is 0 Å². The van der Waals surface area contributed by atoms with Crippen LogP contribution in [0.2, 0.25) is 0 Å². The van der Waals surface area contributed by atoms with Crippen LogP contribution in [0.25, 0.3) is 0 Å². The molecule has 0 unspecified atom stereocenters. The molecule has 1 aromatic rings. The van der Waals surface area contributed by atoms with E-state index in [0.717, 1.165) is 19.4 Å². The molecule has 2 rings (SSSR count). The average molecular weight is 242 g/mol. The number of nitrogens with zero attached hydrogens (tertiary/aromatic N) is 2. The molecule has 3 atom stereocenters. The van der Waals surface area contributed by atoms with Crippen molar-refractivity contribution >= 4 is 0 Å². The van der Waals surface area contributed by atoms with E-state index in [2.05, 4.69) is 56.1 Å². The largest absolute Gasteiger partial charge is 0.303 e. The molecule has 1 heterocycles. The molecule has 1 aliphatic heterocycles. The normalized spacial score (nSPS) is 33.0. The van der Waals surface area contributed by atoms with E-state index in [1.54, 1.807) is 0 Å². The zero-order valence-corrected chi connectivity index (χ0v) is 11.6. The first-order valence-electron chi connectivity index (χ1n) is 6.73. The van der Waals surface area contributed by atoms with Crippen LogP contribution >= 0.6 is 0 Å². The average Bonchev–Trinajstić information content (AvgIpc) is 2.37. The summed E-state index contributed by atoms with van der Waals surface area (Å²) >= 11 is 0. The van der Waals surface area contributed by atoms with E-state index >= 15 is 0 Å². The third-order valence-corrected chi connectivity index (χ3v) is 4.50. The summed E-state index contributed by atoms with van der Waals surface area (Å²) in [5, 5.41) is 9.71. The maximum absolute atomic E-state index is 9.71. The van der Waals surface area contributed by atoms with Gasteiger partial charge in [-0.25, -0.2) is 0 Å². The molecule has 0 saturated carbocycles. The van der Waals surface area contributed by atoms with Crippen LogP contribution in [0.1, 0.15) is 25.8 Å². The summed E-state index contributed by atoms with van der Waals surface area (Å²) in [6.07, 6.45) is 1.85. The number of hydrogen-bond acceptors (Lipinski definition) is 2. The minimum Gasteiger partial charge on any atom is -0.303 e. The molecule has 96 valence electrons. The van der Waals surface area contributed by atoms with Gasteiger partial charge in [-0.3, -0.25) is 0 Å². The molecule has 1 aliphatic rings. The van der Waals surface area contributed by atoms with Gasteiger partial charge in [-0.15, -0.1) is 0 Å². The van der Waals surface area contributed by atoms with Gasteiger partial charge in [0.1, 0.15) is 0 Å². The molecule has 0 N–H and O–H groups in total. The van der Waals surface area contributed by atoms with Crippen LogP contribution in [-0.2, 0) is 6.42 Å². The molecule has 2 heteroatoms. The van der Waals surface area contributed by atoms with Crippen molar-refractivity contribution in [3.05, 3.63) is 35.9 Å². The predicted octanol–water partition coefficient (Wildman–Crippen LogP) is 3.10. The van der Waals surface area contributed by atoms with Crippen LogP contribution < -0.4 is 0 Å². The molecule has 0 spiro atoms. The van der Waals surface area contributed by atoms with Gasteiger partial charge in [-0.1, -0.05) is 37.3 Å². The van der Waals surface area contributed by atoms with Crippen molar-refractivity contribution in [2.24, 2.45) is 11.3 Å². The van der Waals surface area contributed by atoms with Crippen LogP contribution in [0.4, 0.5) is 0 Å². The van der Waals surface area contributed by atoms with Crippen molar-refractivity contribution in [1.29, 1.82) is 5.26 Å². The molecule has 0 amide bonds. The summed E-state index contributed by atoms with van der Waals surface area (Å²) in [4.78, 5) is 2.37. The van der Waals surface area contributed by atoms with Gasteiger partial charge in [0.25, 0.3) is 0 Å². The van der Waals surface area contributed by atoms with Crippen molar-refractivity contribution in [3.63, 3.8) is 0 Å². The van der Waals surface area contributed by atoms with Gasteiger partial charge in [-0.05, 0) is 38.3 Å². The molecule has 2 nitrogen and oxygen atoms in total. The van der Waals surface area contributed by atoms with Gasteiger partial charge in [0.05, 0.1) is 11.5 Å². The first kappa shape index (κ1) is 13.1. The smallest absolute Gasteiger partial charge is 0.0697 e. The highest BCUT2D eigenvalue weighted by atomic mass is 15.1. The van der Waals surface area contributed by atoms with E-state index in [-0.39, 0.29) is 5.41 Å². The summed E-state index contributed by atoms with van der Waals surface area (Å²) in [5.74, 6) is 0.420.